The number of anilines is 1. The zero-order valence-corrected chi connectivity index (χ0v) is 11.7. The maximum atomic E-state index is 12.2. The molecular formula is C14H15N3O4. The Labute approximate surface area is 121 Å². The molecule has 0 aromatic heterocycles. The second-order valence-electron chi connectivity index (χ2n) is 5.40. The molecule has 0 unspecified atom stereocenters. The zero-order chi connectivity index (χ0) is 15.1. The standard InChI is InChI=1S/C14H15N3O4/c1-15-8-10-11(16-6-4-9(18)5-7-16)2-3-12(17(20)21)13(10)14(15)19/h2-3H,4-8H2,1H3. The van der Waals surface area contributed by atoms with Gasteiger partial charge in [0.2, 0.25) is 0 Å². The molecule has 0 saturated carbocycles. The summed E-state index contributed by atoms with van der Waals surface area (Å²) in [5, 5.41) is 11.1. The van der Waals surface area contributed by atoms with Crippen molar-refractivity contribution in [2.75, 3.05) is 25.0 Å². The smallest absolute Gasteiger partial charge is 0.282 e. The number of carbonyl (C=O) groups excluding carboxylic acids is 2. The first-order valence-electron chi connectivity index (χ1n) is 6.81. The lowest BCUT2D eigenvalue weighted by atomic mass is 10.0. The van der Waals surface area contributed by atoms with Gasteiger partial charge in [-0.15, -0.1) is 0 Å². The van der Waals surface area contributed by atoms with Gasteiger partial charge in [-0.25, -0.2) is 0 Å². The first-order chi connectivity index (χ1) is 9.99. The van der Waals surface area contributed by atoms with E-state index in [0.29, 0.717) is 38.0 Å². The number of rotatable bonds is 2. The number of fused-ring (bicyclic) bond motifs is 1. The van der Waals surface area contributed by atoms with Gasteiger partial charge in [-0.3, -0.25) is 19.7 Å². The molecule has 2 heterocycles. The SMILES string of the molecule is CN1Cc2c(N3CCC(=O)CC3)ccc([N+](=O)[O-])c2C1=O. The normalized spacial score (nSPS) is 18.1. The minimum absolute atomic E-state index is 0.142. The number of nitro groups is 1. The number of hydrogen-bond acceptors (Lipinski definition) is 5. The number of nitro benzene ring substituents is 1. The van der Waals surface area contributed by atoms with Crippen molar-refractivity contribution in [1.29, 1.82) is 0 Å². The second kappa shape index (κ2) is 4.83. The van der Waals surface area contributed by atoms with Crippen molar-refractivity contribution in [2.24, 2.45) is 0 Å². The van der Waals surface area contributed by atoms with Crippen LogP contribution < -0.4 is 4.90 Å². The van der Waals surface area contributed by atoms with Crippen LogP contribution in [-0.2, 0) is 11.3 Å². The molecule has 0 spiro atoms. The topological polar surface area (TPSA) is 83.8 Å². The fourth-order valence-corrected chi connectivity index (χ4v) is 2.97. The van der Waals surface area contributed by atoms with Crippen LogP contribution in [0.3, 0.4) is 0 Å². The van der Waals surface area contributed by atoms with Crippen molar-refractivity contribution in [2.45, 2.75) is 19.4 Å². The van der Waals surface area contributed by atoms with Crippen LogP contribution in [0.5, 0.6) is 0 Å². The molecular weight excluding hydrogens is 274 g/mol. The zero-order valence-electron chi connectivity index (χ0n) is 11.7. The summed E-state index contributed by atoms with van der Waals surface area (Å²) in [5.41, 5.74) is 1.58. The van der Waals surface area contributed by atoms with Gasteiger partial charge in [-0.1, -0.05) is 0 Å². The van der Waals surface area contributed by atoms with Gasteiger partial charge in [0, 0.05) is 56.8 Å². The maximum Gasteiger partial charge on any atom is 0.282 e. The summed E-state index contributed by atoms with van der Waals surface area (Å²) < 4.78 is 0. The van der Waals surface area contributed by atoms with Crippen LogP contribution in [0.15, 0.2) is 12.1 Å². The minimum atomic E-state index is -0.514. The first-order valence-corrected chi connectivity index (χ1v) is 6.81. The van der Waals surface area contributed by atoms with Crippen molar-refractivity contribution >= 4 is 23.1 Å². The molecule has 1 aromatic rings. The molecule has 2 aliphatic heterocycles. The van der Waals surface area contributed by atoms with Gasteiger partial charge in [0.25, 0.3) is 11.6 Å². The summed E-state index contributed by atoms with van der Waals surface area (Å²) in [7, 11) is 1.63. The molecule has 110 valence electrons. The van der Waals surface area contributed by atoms with Crippen molar-refractivity contribution in [3.8, 4) is 0 Å². The highest BCUT2D eigenvalue weighted by Crippen LogP contribution is 2.37. The average molecular weight is 289 g/mol. The third kappa shape index (κ3) is 2.14. The van der Waals surface area contributed by atoms with Crippen LogP contribution in [-0.4, -0.2) is 41.7 Å². The molecule has 0 radical (unpaired) electrons. The third-order valence-corrected chi connectivity index (χ3v) is 4.08. The van der Waals surface area contributed by atoms with Crippen LogP contribution in [0.4, 0.5) is 11.4 Å². The Morgan fingerprint density at radius 2 is 1.86 bits per heavy atom. The molecule has 1 aromatic carbocycles. The van der Waals surface area contributed by atoms with Gasteiger partial charge in [0.05, 0.1) is 4.92 Å². The number of amides is 1. The molecule has 0 atom stereocenters. The van der Waals surface area contributed by atoms with E-state index in [1.807, 2.05) is 4.90 Å². The van der Waals surface area contributed by atoms with Crippen LogP contribution in [0.25, 0.3) is 0 Å². The predicted octanol–water partition coefficient (Wildman–Crippen LogP) is 1.35. The van der Waals surface area contributed by atoms with E-state index in [4.69, 9.17) is 0 Å². The van der Waals surface area contributed by atoms with Crippen LogP contribution in [0.1, 0.15) is 28.8 Å². The van der Waals surface area contributed by atoms with Gasteiger partial charge >= 0.3 is 0 Å². The number of ketones is 1. The Bertz CT molecular complexity index is 646. The molecule has 21 heavy (non-hydrogen) atoms. The highest BCUT2D eigenvalue weighted by Gasteiger charge is 2.36. The van der Waals surface area contributed by atoms with E-state index >= 15 is 0 Å². The van der Waals surface area contributed by atoms with Crippen LogP contribution in [0.2, 0.25) is 0 Å². The summed E-state index contributed by atoms with van der Waals surface area (Å²) >= 11 is 0. The van der Waals surface area contributed by atoms with E-state index in [0.717, 1.165) is 5.69 Å². The van der Waals surface area contributed by atoms with Gasteiger partial charge < -0.3 is 9.80 Å². The average Bonchev–Trinajstić information content (AvgIpc) is 2.75. The lowest BCUT2D eigenvalue weighted by Gasteiger charge is -2.29. The lowest BCUT2D eigenvalue weighted by molar-refractivity contribution is -0.385. The van der Waals surface area contributed by atoms with Crippen molar-refractivity contribution < 1.29 is 14.5 Å². The highest BCUT2D eigenvalue weighted by molar-refractivity contribution is 6.03. The summed E-state index contributed by atoms with van der Waals surface area (Å²) in [6.45, 7) is 1.57. The van der Waals surface area contributed by atoms with E-state index in [1.54, 1.807) is 13.1 Å². The fraction of sp³-hybridized carbons (Fsp3) is 0.429. The quantitative estimate of drug-likeness (QED) is 0.606. The molecule has 0 aliphatic carbocycles. The van der Waals surface area contributed by atoms with Gasteiger partial charge in [0.1, 0.15) is 11.3 Å². The number of nitrogens with zero attached hydrogens (tertiary/aromatic N) is 3. The number of piperidine rings is 1. The van der Waals surface area contributed by atoms with E-state index in [9.17, 15) is 19.7 Å². The molecule has 1 saturated heterocycles. The largest absolute Gasteiger partial charge is 0.370 e. The number of benzene rings is 1. The van der Waals surface area contributed by atoms with E-state index in [2.05, 4.69) is 0 Å². The lowest BCUT2D eigenvalue weighted by Crippen LogP contribution is -2.34. The van der Waals surface area contributed by atoms with Crippen LogP contribution in [0, 0.1) is 10.1 Å². The summed E-state index contributed by atoms with van der Waals surface area (Å²) in [5.74, 6) is -0.0790. The van der Waals surface area contributed by atoms with Gasteiger partial charge in [-0.2, -0.15) is 0 Å². The molecule has 0 N–H and O–H groups in total. The van der Waals surface area contributed by atoms with E-state index in [1.165, 1.54) is 11.0 Å². The first kappa shape index (κ1) is 13.5. The van der Waals surface area contributed by atoms with Gasteiger partial charge in [0.15, 0.2) is 0 Å². The Morgan fingerprint density at radius 3 is 2.48 bits per heavy atom. The molecule has 1 fully saturated rings. The van der Waals surface area contributed by atoms with E-state index < -0.39 is 4.92 Å². The molecule has 7 nitrogen and oxygen atoms in total. The van der Waals surface area contributed by atoms with Gasteiger partial charge in [-0.05, 0) is 6.07 Å². The van der Waals surface area contributed by atoms with Crippen molar-refractivity contribution in [1.82, 2.24) is 4.90 Å². The summed E-state index contributed by atoms with van der Waals surface area (Å²) in [6, 6.07) is 3.08. The summed E-state index contributed by atoms with van der Waals surface area (Å²) in [4.78, 5) is 37.6. The Balaban J connectivity index is 2.06. The highest BCUT2D eigenvalue weighted by atomic mass is 16.6. The van der Waals surface area contributed by atoms with Crippen molar-refractivity contribution in [3.63, 3.8) is 0 Å². The van der Waals surface area contributed by atoms with Crippen LogP contribution >= 0.6 is 0 Å². The summed E-state index contributed by atoms with van der Waals surface area (Å²) in [6.07, 6.45) is 0.963. The Morgan fingerprint density at radius 1 is 1.19 bits per heavy atom. The monoisotopic (exact) mass is 289 g/mol. The molecule has 7 heteroatoms. The maximum absolute atomic E-state index is 12.2. The molecule has 2 aliphatic rings. The third-order valence-electron chi connectivity index (χ3n) is 4.08. The predicted molar refractivity (Wildman–Crippen MR) is 75.3 cm³/mol. The Hall–Kier alpha value is -2.44. The minimum Gasteiger partial charge on any atom is -0.370 e. The van der Waals surface area contributed by atoms with Crippen molar-refractivity contribution in [3.05, 3.63) is 33.4 Å². The Kier molecular flexibility index (Phi) is 3.12. The van der Waals surface area contributed by atoms with E-state index in [-0.39, 0.29) is 22.9 Å². The number of Topliss-reactive ketones (excluding diaryl/α,β-unsaturated/α-hetero) is 1. The number of carbonyl (C=O) groups is 2. The molecule has 0 bridgehead atoms. The molecule has 1 amide bonds. The number of hydrogen-bond donors (Lipinski definition) is 0. The fourth-order valence-electron chi connectivity index (χ4n) is 2.97. The molecule has 3 rings (SSSR count). The second-order valence-corrected chi connectivity index (χ2v) is 5.40.